The molecule has 1 saturated heterocycles. The maximum Gasteiger partial charge on any atom is 0.418 e. The van der Waals surface area contributed by atoms with Gasteiger partial charge >= 0.3 is 6.18 Å². The Hall–Kier alpha value is -4.03. The fourth-order valence-electron chi connectivity index (χ4n) is 4.63. The monoisotopic (exact) mass is 566 g/mol. The van der Waals surface area contributed by atoms with Crippen LogP contribution in [-0.2, 0) is 11.0 Å². The number of benzene rings is 2. The van der Waals surface area contributed by atoms with E-state index in [1.54, 1.807) is 41.3 Å². The van der Waals surface area contributed by atoms with Crippen LogP contribution in [0.4, 0.5) is 29.7 Å². The zero-order valence-electron chi connectivity index (χ0n) is 21.2. The summed E-state index contributed by atoms with van der Waals surface area (Å²) in [6.45, 7) is 2.16. The van der Waals surface area contributed by atoms with Crippen molar-refractivity contribution >= 4 is 50.0 Å². The normalized spacial score (nSPS) is 15.7. The van der Waals surface area contributed by atoms with E-state index in [1.807, 2.05) is 0 Å². The maximum absolute atomic E-state index is 13.9. The van der Waals surface area contributed by atoms with Crippen LogP contribution in [0.3, 0.4) is 0 Å². The van der Waals surface area contributed by atoms with E-state index in [1.165, 1.54) is 23.5 Å². The zero-order valence-corrected chi connectivity index (χ0v) is 22.0. The molecule has 2 fully saturated rings. The lowest BCUT2D eigenvalue weighted by Gasteiger charge is -2.31. The van der Waals surface area contributed by atoms with Gasteiger partial charge in [0, 0.05) is 54.6 Å². The Kier molecular flexibility index (Phi) is 6.88. The minimum absolute atomic E-state index is 0.0289. The van der Waals surface area contributed by atoms with Crippen molar-refractivity contribution in [2.75, 3.05) is 41.7 Å². The van der Waals surface area contributed by atoms with Gasteiger partial charge in [-0.1, -0.05) is 23.5 Å². The van der Waals surface area contributed by atoms with Gasteiger partial charge in [-0.3, -0.25) is 9.59 Å². The van der Waals surface area contributed by atoms with E-state index in [0.29, 0.717) is 52.9 Å². The summed E-state index contributed by atoms with van der Waals surface area (Å²) in [5.74, 6) is -0.498. The number of nitrogens with one attached hydrogen (secondary N) is 3. The summed E-state index contributed by atoms with van der Waals surface area (Å²) in [5.41, 5.74) is 1.58. The zero-order chi connectivity index (χ0) is 27.9. The van der Waals surface area contributed by atoms with Gasteiger partial charge in [0.1, 0.15) is 10.3 Å². The van der Waals surface area contributed by atoms with Crippen LogP contribution in [0.2, 0.25) is 0 Å². The number of fused-ring (bicyclic) bond motifs is 1. The van der Waals surface area contributed by atoms with E-state index in [0.717, 1.165) is 18.9 Å². The van der Waals surface area contributed by atoms with E-state index in [-0.39, 0.29) is 28.8 Å². The second kappa shape index (κ2) is 10.5. The molecule has 4 aromatic rings. The first-order valence-corrected chi connectivity index (χ1v) is 13.7. The van der Waals surface area contributed by atoms with Gasteiger partial charge in [-0.05, 0) is 55.3 Å². The Morgan fingerprint density at radius 3 is 2.52 bits per heavy atom. The highest BCUT2D eigenvalue weighted by molar-refractivity contribution is 7.22. The third-order valence-corrected chi connectivity index (χ3v) is 7.75. The number of thiazole rings is 1. The first-order valence-electron chi connectivity index (χ1n) is 12.9. The number of anilines is 3. The lowest BCUT2D eigenvalue weighted by Crippen LogP contribution is -2.44. The molecular formula is C28H25F3N6O2S. The third-order valence-electron chi connectivity index (χ3n) is 6.87. The fraction of sp³-hybridized carbons (Fsp3) is 0.286. The van der Waals surface area contributed by atoms with Gasteiger partial charge in [-0.2, -0.15) is 13.2 Å². The van der Waals surface area contributed by atoms with Gasteiger partial charge in [0.25, 0.3) is 5.91 Å². The van der Waals surface area contributed by atoms with Crippen molar-refractivity contribution in [3.05, 3.63) is 65.7 Å². The predicted octanol–water partition coefficient (Wildman–Crippen LogP) is 5.39. The average Bonchev–Trinajstić information content (AvgIpc) is 3.73. The number of alkyl halides is 3. The summed E-state index contributed by atoms with van der Waals surface area (Å²) >= 11 is 1.27. The molecule has 3 heterocycles. The number of pyridine rings is 1. The Morgan fingerprint density at radius 1 is 0.975 bits per heavy atom. The Balaban J connectivity index is 1.21. The van der Waals surface area contributed by atoms with Crippen molar-refractivity contribution in [3.8, 4) is 11.3 Å². The molecule has 3 N–H and O–H groups in total. The van der Waals surface area contributed by atoms with E-state index < -0.39 is 17.6 Å². The maximum atomic E-state index is 13.9. The molecule has 1 aliphatic carbocycles. The van der Waals surface area contributed by atoms with Gasteiger partial charge in [0.15, 0.2) is 5.13 Å². The standard InChI is InChI=1S/C28H25F3N6O2S/c29-28(30,31)20-15-19(6-9-23(20)37-12-10-32-11-13-37)33-25(39)18-3-1-2-17(14-18)21-7-8-22-26(34-21)40-27(35-22)36-24(38)16-4-5-16/h1-3,6-9,14-16,32H,4-5,10-13H2,(H,33,39)(H,35,36,38). The van der Waals surface area contributed by atoms with Crippen molar-refractivity contribution in [3.63, 3.8) is 0 Å². The Bertz CT molecular complexity index is 1590. The molecule has 1 saturated carbocycles. The van der Waals surface area contributed by atoms with Crippen LogP contribution in [0.1, 0.15) is 28.8 Å². The van der Waals surface area contributed by atoms with Gasteiger partial charge in [0.05, 0.1) is 11.3 Å². The molecule has 12 heteroatoms. The minimum Gasteiger partial charge on any atom is -0.368 e. The van der Waals surface area contributed by atoms with E-state index in [9.17, 15) is 22.8 Å². The highest BCUT2D eigenvalue weighted by Crippen LogP contribution is 2.39. The van der Waals surface area contributed by atoms with Crippen molar-refractivity contribution in [2.24, 2.45) is 5.92 Å². The minimum atomic E-state index is -4.57. The molecule has 0 bridgehead atoms. The number of rotatable bonds is 6. The van der Waals surface area contributed by atoms with Gasteiger partial charge < -0.3 is 20.9 Å². The molecule has 0 radical (unpaired) electrons. The van der Waals surface area contributed by atoms with E-state index >= 15 is 0 Å². The number of hydrogen-bond donors (Lipinski definition) is 3. The fourth-order valence-corrected chi connectivity index (χ4v) is 5.47. The van der Waals surface area contributed by atoms with Crippen molar-refractivity contribution in [1.29, 1.82) is 0 Å². The summed E-state index contributed by atoms with van der Waals surface area (Å²) in [4.78, 5) is 36.5. The van der Waals surface area contributed by atoms with Crippen LogP contribution in [0.5, 0.6) is 0 Å². The van der Waals surface area contributed by atoms with Crippen molar-refractivity contribution < 1.29 is 22.8 Å². The van der Waals surface area contributed by atoms with E-state index in [4.69, 9.17) is 0 Å². The Morgan fingerprint density at radius 2 is 1.77 bits per heavy atom. The second-order valence-corrected chi connectivity index (χ2v) is 10.8. The summed E-state index contributed by atoms with van der Waals surface area (Å²) in [5, 5.41) is 9.07. The predicted molar refractivity (Wildman–Crippen MR) is 149 cm³/mol. The van der Waals surface area contributed by atoms with Crippen LogP contribution in [-0.4, -0.2) is 48.0 Å². The first kappa shape index (κ1) is 26.2. The molecule has 6 rings (SSSR count). The first-order chi connectivity index (χ1) is 19.2. The van der Waals surface area contributed by atoms with E-state index in [2.05, 4.69) is 25.9 Å². The number of amides is 2. The summed E-state index contributed by atoms with van der Waals surface area (Å²) in [7, 11) is 0. The molecule has 2 amide bonds. The van der Waals surface area contributed by atoms with Crippen LogP contribution in [0.25, 0.3) is 21.6 Å². The second-order valence-electron chi connectivity index (χ2n) is 9.80. The number of hydrogen-bond acceptors (Lipinski definition) is 7. The average molecular weight is 567 g/mol. The molecule has 8 nitrogen and oxygen atoms in total. The lowest BCUT2D eigenvalue weighted by molar-refractivity contribution is -0.137. The molecule has 2 aliphatic rings. The van der Waals surface area contributed by atoms with Crippen molar-refractivity contribution in [1.82, 2.24) is 15.3 Å². The quantitative estimate of drug-likeness (QED) is 0.290. The smallest absolute Gasteiger partial charge is 0.368 e. The van der Waals surface area contributed by atoms with Crippen molar-refractivity contribution in [2.45, 2.75) is 19.0 Å². The largest absolute Gasteiger partial charge is 0.418 e. The summed E-state index contributed by atoms with van der Waals surface area (Å²) in [6, 6.07) is 14.2. The number of piperazine rings is 1. The Labute approximate surface area is 231 Å². The molecule has 0 unspecified atom stereocenters. The summed E-state index contributed by atoms with van der Waals surface area (Å²) in [6.07, 6.45) is -2.77. The molecule has 206 valence electrons. The topological polar surface area (TPSA) is 99.3 Å². The van der Waals surface area contributed by atoms with Gasteiger partial charge in [0.2, 0.25) is 5.91 Å². The lowest BCUT2D eigenvalue weighted by atomic mass is 10.1. The molecule has 0 spiro atoms. The van der Waals surface area contributed by atoms with Crippen LogP contribution in [0.15, 0.2) is 54.6 Å². The van der Waals surface area contributed by atoms with Crippen LogP contribution >= 0.6 is 11.3 Å². The van der Waals surface area contributed by atoms with Crippen LogP contribution in [0, 0.1) is 5.92 Å². The molecule has 0 atom stereocenters. The molecule has 40 heavy (non-hydrogen) atoms. The van der Waals surface area contributed by atoms with Crippen LogP contribution < -0.4 is 20.9 Å². The number of halogens is 3. The number of aromatic nitrogens is 2. The number of carbonyl (C=O) groups excluding carboxylic acids is 2. The third kappa shape index (κ3) is 5.63. The molecule has 2 aromatic heterocycles. The molecule has 2 aromatic carbocycles. The highest BCUT2D eigenvalue weighted by atomic mass is 32.1. The molecular weight excluding hydrogens is 541 g/mol. The van der Waals surface area contributed by atoms with Gasteiger partial charge in [-0.15, -0.1) is 0 Å². The van der Waals surface area contributed by atoms with Gasteiger partial charge in [-0.25, -0.2) is 9.97 Å². The number of carbonyl (C=O) groups is 2. The summed E-state index contributed by atoms with van der Waals surface area (Å²) < 4.78 is 41.7. The SMILES string of the molecule is O=C(Nc1ccc(N2CCNCC2)c(C(F)(F)F)c1)c1cccc(-c2ccc3nc(NC(=O)C4CC4)sc3n2)c1. The number of nitrogens with zero attached hydrogens (tertiary/aromatic N) is 3. The highest BCUT2D eigenvalue weighted by Gasteiger charge is 2.35. The molecule has 1 aliphatic heterocycles.